The van der Waals surface area contributed by atoms with E-state index < -0.39 is 0 Å². The molecule has 2 saturated heterocycles. The minimum Gasteiger partial charge on any atom is -0.352 e. The van der Waals surface area contributed by atoms with Crippen molar-refractivity contribution in [3.05, 3.63) is 0 Å². The molecule has 2 unspecified atom stereocenters. The van der Waals surface area contributed by atoms with Gasteiger partial charge in [0.2, 0.25) is 5.91 Å². The molecule has 0 aliphatic carbocycles. The molecule has 2 rings (SSSR count). The highest BCUT2D eigenvalue weighted by molar-refractivity contribution is 5.82. The van der Waals surface area contributed by atoms with Crippen LogP contribution >= 0.6 is 0 Å². The van der Waals surface area contributed by atoms with Crippen LogP contribution in [0.25, 0.3) is 0 Å². The Kier molecular flexibility index (Phi) is 6.30. The average molecular weight is 281 g/mol. The first-order chi connectivity index (χ1) is 9.76. The van der Waals surface area contributed by atoms with Crippen LogP contribution in [-0.4, -0.2) is 48.6 Å². The van der Waals surface area contributed by atoms with Gasteiger partial charge < -0.3 is 10.6 Å². The van der Waals surface area contributed by atoms with Gasteiger partial charge in [0.25, 0.3) is 0 Å². The minimum absolute atomic E-state index is 0.129. The largest absolute Gasteiger partial charge is 0.352 e. The number of piperidine rings is 1. The molecule has 4 heteroatoms. The maximum Gasteiger partial charge on any atom is 0.237 e. The van der Waals surface area contributed by atoms with Gasteiger partial charge in [-0.15, -0.1) is 0 Å². The average Bonchev–Trinajstić information content (AvgIpc) is 2.97. The zero-order valence-corrected chi connectivity index (χ0v) is 13.2. The molecule has 2 aliphatic rings. The lowest BCUT2D eigenvalue weighted by molar-refractivity contribution is -0.127. The number of nitrogens with zero attached hydrogens (tertiary/aromatic N) is 1. The van der Waals surface area contributed by atoms with Gasteiger partial charge in [0.1, 0.15) is 0 Å². The zero-order valence-electron chi connectivity index (χ0n) is 13.2. The summed E-state index contributed by atoms with van der Waals surface area (Å²) in [6.07, 6.45) is 7.88. The highest BCUT2D eigenvalue weighted by Crippen LogP contribution is 2.24. The molecule has 0 saturated carbocycles. The van der Waals surface area contributed by atoms with Gasteiger partial charge in [-0.25, -0.2) is 0 Å². The molecule has 2 heterocycles. The predicted octanol–water partition coefficient (Wildman–Crippen LogP) is 1.90. The van der Waals surface area contributed by atoms with Gasteiger partial charge in [0, 0.05) is 12.1 Å². The Labute approximate surface area is 123 Å². The lowest BCUT2D eigenvalue weighted by Gasteiger charge is -2.35. The van der Waals surface area contributed by atoms with E-state index in [0.717, 1.165) is 45.3 Å². The number of rotatable bonds is 6. The second-order valence-corrected chi connectivity index (χ2v) is 6.28. The number of amides is 1. The molecule has 0 aromatic rings. The first-order valence-corrected chi connectivity index (χ1v) is 8.53. The van der Waals surface area contributed by atoms with E-state index in [-0.39, 0.29) is 11.9 Å². The van der Waals surface area contributed by atoms with Gasteiger partial charge in [-0.05, 0) is 58.2 Å². The van der Waals surface area contributed by atoms with Crippen LogP contribution in [0.1, 0.15) is 58.8 Å². The Morgan fingerprint density at radius 1 is 1.30 bits per heavy atom. The predicted molar refractivity (Wildman–Crippen MR) is 82.7 cm³/mol. The molecule has 0 bridgehead atoms. The standard InChI is InChI=1S/C16H31N3O/c1-3-6-13(4-2)18-16(20)15-7-5-12-19(15)14-8-10-17-11-9-14/h13-15,17H,3-12H2,1-2H3,(H,18,20). The van der Waals surface area contributed by atoms with Crippen LogP contribution in [0.3, 0.4) is 0 Å². The van der Waals surface area contributed by atoms with Crippen LogP contribution in [0.15, 0.2) is 0 Å². The smallest absolute Gasteiger partial charge is 0.237 e. The second-order valence-electron chi connectivity index (χ2n) is 6.28. The minimum atomic E-state index is 0.129. The Morgan fingerprint density at radius 2 is 2.05 bits per heavy atom. The molecule has 2 fully saturated rings. The van der Waals surface area contributed by atoms with E-state index in [0.29, 0.717) is 12.1 Å². The molecule has 0 radical (unpaired) electrons. The van der Waals surface area contributed by atoms with E-state index in [4.69, 9.17) is 0 Å². The van der Waals surface area contributed by atoms with Gasteiger partial charge >= 0.3 is 0 Å². The molecule has 0 aromatic heterocycles. The number of carbonyl (C=O) groups is 1. The third-order valence-electron chi connectivity index (χ3n) is 4.85. The summed E-state index contributed by atoms with van der Waals surface area (Å²) in [4.78, 5) is 15.1. The van der Waals surface area contributed by atoms with Crippen molar-refractivity contribution in [2.75, 3.05) is 19.6 Å². The molecule has 2 atom stereocenters. The third kappa shape index (κ3) is 3.95. The van der Waals surface area contributed by atoms with Crippen molar-refractivity contribution in [3.63, 3.8) is 0 Å². The first kappa shape index (κ1) is 15.8. The fourth-order valence-corrected chi connectivity index (χ4v) is 3.67. The van der Waals surface area contributed by atoms with Crippen molar-refractivity contribution in [1.29, 1.82) is 0 Å². The molecule has 20 heavy (non-hydrogen) atoms. The summed E-state index contributed by atoms with van der Waals surface area (Å²) in [6.45, 7) is 7.66. The Balaban J connectivity index is 1.90. The molecule has 0 aromatic carbocycles. The van der Waals surface area contributed by atoms with Gasteiger partial charge in [-0.3, -0.25) is 9.69 Å². The number of likely N-dealkylation sites (tertiary alicyclic amines) is 1. The summed E-state index contributed by atoms with van der Waals surface area (Å²) in [5.74, 6) is 0.279. The summed E-state index contributed by atoms with van der Waals surface area (Å²) < 4.78 is 0. The number of hydrogen-bond donors (Lipinski definition) is 2. The van der Waals surface area contributed by atoms with E-state index in [1.54, 1.807) is 0 Å². The van der Waals surface area contributed by atoms with E-state index >= 15 is 0 Å². The maximum atomic E-state index is 12.6. The van der Waals surface area contributed by atoms with Gasteiger partial charge in [0.15, 0.2) is 0 Å². The Bertz CT molecular complexity index is 302. The van der Waals surface area contributed by atoms with Crippen LogP contribution in [0, 0.1) is 0 Å². The highest BCUT2D eigenvalue weighted by Gasteiger charge is 2.36. The fraction of sp³-hybridized carbons (Fsp3) is 0.938. The molecular weight excluding hydrogens is 250 g/mol. The van der Waals surface area contributed by atoms with Crippen molar-refractivity contribution in [2.45, 2.75) is 76.9 Å². The van der Waals surface area contributed by atoms with Crippen LogP contribution in [0.4, 0.5) is 0 Å². The lowest BCUT2D eigenvalue weighted by Crippen LogP contribution is -2.52. The summed E-state index contributed by atoms with van der Waals surface area (Å²) in [6, 6.07) is 1.10. The maximum absolute atomic E-state index is 12.6. The lowest BCUT2D eigenvalue weighted by atomic mass is 10.0. The van der Waals surface area contributed by atoms with Crippen molar-refractivity contribution in [2.24, 2.45) is 0 Å². The van der Waals surface area contributed by atoms with Crippen LogP contribution in [0.5, 0.6) is 0 Å². The van der Waals surface area contributed by atoms with Gasteiger partial charge in [-0.2, -0.15) is 0 Å². The monoisotopic (exact) mass is 281 g/mol. The SMILES string of the molecule is CCCC(CC)NC(=O)C1CCCN1C1CCNCC1. The Hall–Kier alpha value is -0.610. The molecule has 4 nitrogen and oxygen atoms in total. The van der Waals surface area contributed by atoms with Gasteiger partial charge in [-0.1, -0.05) is 20.3 Å². The van der Waals surface area contributed by atoms with Crippen LogP contribution in [0.2, 0.25) is 0 Å². The van der Waals surface area contributed by atoms with Gasteiger partial charge in [0.05, 0.1) is 6.04 Å². The summed E-state index contributed by atoms with van der Waals surface area (Å²) in [7, 11) is 0. The molecule has 1 amide bonds. The summed E-state index contributed by atoms with van der Waals surface area (Å²) >= 11 is 0. The van der Waals surface area contributed by atoms with Crippen LogP contribution in [-0.2, 0) is 4.79 Å². The van der Waals surface area contributed by atoms with Crippen molar-refractivity contribution in [1.82, 2.24) is 15.5 Å². The Morgan fingerprint density at radius 3 is 2.70 bits per heavy atom. The van der Waals surface area contributed by atoms with E-state index in [1.165, 1.54) is 19.3 Å². The second kappa shape index (κ2) is 7.99. The first-order valence-electron chi connectivity index (χ1n) is 8.53. The van der Waals surface area contributed by atoms with Crippen molar-refractivity contribution in [3.8, 4) is 0 Å². The zero-order chi connectivity index (χ0) is 14.4. The summed E-state index contributed by atoms with van der Waals surface area (Å²) in [5.41, 5.74) is 0. The molecular formula is C16H31N3O. The van der Waals surface area contributed by atoms with Crippen molar-refractivity contribution < 1.29 is 4.79 Å². The topological polar surface area (TPSA) is 44.4 Å². The molecule has 0 spiro atoms. The normalized spacial score (nSPS) is 26.6. The molecule has 116 valence electrons. The molecule has 2 aliphatic heterocycles. The van der Waals surface area contributed by atoms with E-state index in [1.807, 2.05) is 0 Å². The highest BCUT2D eigenvalue weighted by atomic mass is 16.2. The third-order valence-corrected chi connectivity index (χ3v) is 4.85. The van der Waals surface area contributed by atoms with E-state index in [2.05, 4.69) is 29.4 Å². The van der Waals surface area contributed by atoms with Crippen LogP contribution < -0.4 is 10.6 Å². The van der Waals surface area contributed by atoms with Crippen molar-refractivity contribution >= 4 is 5.91 Å². The number of nitrogens with one attached hydrogen (secondary N) is 2. The number of carbonyl (C=O) groups excluding carboxylic acids is 1. The summed E-state index contributed by atoms with van der Waals surface area (Å²) in [5, 5.41) is 6.70. The molecule has 2 N–H and O–H groups in total. The fourth-order valence-electron chi connectivity index (χ4n) is 3.67. The quantitative estimate of drug-likeness (QED) is 0.781. The van der Waals surface area contributed by atoms with E-state index in [9.17, 15) is 4.79 Å². The number of hydrogen-bond acceptors (Lipinski definition) is 3.